The van der Waals surface area contributed by atoms with E-state index in [4.69, 9.17) is 15.2 Å². The molecule has 0 amide bonds. The molecule has 3 aromatic rings. The van der Waals surface area contributed by atoms with E-state index in [1.807, 2.05) is 51.1 Å². The van der Waals surface area contributed by atoms with Crippen molar-refractivity contribution in [2.24, 2.45) is 0 Å². The first-order valence-electron chi connectivity index (χ1n) is 12.4. The lowest BCUT2D eigenvalue weighted by molar-refractivity contribution is -0.154. The quantitative estimate of drug-likeness (QED) is 0.363. The standard InChI is InChI=1S/C28H33N5O4/c1-28(2,3)37-25(35)9-6-19-4-7-20(8-5-19)22-18-31-27(29)26(32-22)24(34)16-21-17-30-11-10-23(21)33-12-14-36-15-13-33/h4-5,7-8,10-11,17-18H,6,9,12-16H2,1-3H3,(H2,29,31). The van der Waals surface area contributed by atoms with Crippen LogP contribution in [-0.2, 0) is 27.1 Å². The van der Waals surface area contributed by atoms with Gasteiger partial charge < -0.3 is 20.1 Å². The van der Waals surface area contributed by atoms with E-state index in [9.17, 15) is 9.59 Å². The summed E-state index contributed by atoms with van der Waals surface area (Å²) < 4.78 is 10.8. The number of ether oxygens (including phenoxy) is 2. The fraction of sp³-hybridized carbons (Fsp3) is 0.393. The predicted octanol–water partition coefficient (Wildman–Crippen LogP) is 3.66. The van der Waals surface area contributed by atoms with Crippen LogP contribution in [0.15, 0.2) is 48.9 Å². The number of nitrogens with zero attached hydrogens (tertiary/aromatic N) is 4. The van der Waals surface area contributed by atoms with Gasteiger partial charge >= 0.3 is 5.97 Å². The number of Topliss-reactive ketones (excluding diaryl/α,β-unsaturated/α-hetero) is 1. The highest BCUT2D eigenvalue weighted by Gasteiger charge is 2.20. The molecule has 9 nitrogen and oxygen atoms in total. The van der Waals surface area contributed by atoms with Crippen molar-refractivity contribution in [2.75, 3.05) is 36.9 Å². The summed E-state index contributed by atoms with van der Waals surface area (Å²) in [4.78, 5) is 40.5. The van der Waals surface area contributed by atoms with E-state index in [1.165, 1.54) is 0 Å². The van der Waals surface area contributed by atoms with E-state index in [-0.39, 0.29) is 29.7 Å². The van der Waals surface area contributed by atoms with Gasteiger partial charge in [0.05, 0.1) is 25.1 Å². The highest BCUT2D eigenvalue weighted by atomic mass is 16.6. The number of benzene rings is 1. The Morgan fingerprint density at radius 3 is 2.51 bits per heavy atom. The molecule has 2 aromatic heterocycles. The number of hydrogen-bond acceptors (Lipinski definition) is 9. The van der Waals surface area contributed by atoms with E-state index in [0.717, 1.165) is 35.5 Å². The molecule has 0 bridgehead atoms. The number of anilines is 2. The maximum absolute atomic E-state index is 13.3. The number of hydrogen-bond donors (Lipinski definition) is 1. The van der Waals surface area contributed by atoms with Crippen molar-refractivity contribution < 1.29 is 19.1 Å². The molecular formula is C28H33N5O4. The summed E-state index contributed by atoms with van der Waals surface area (Å²) in [5, 5.41) is 0. The third-order valence-corrected chi connectivity index (χ3v) is 5.93. The van der Waals surface area contributed by atoms with Crippen LogP contribution in [0.2, 0.25) is 0 Å². The van der Waals surface area contributed by atoms with Gasteiger partial charge in [0.25, 0.3) is 0 Å². The Labute approximate surface area is 217 Å². The highest BCUT2D eigenvalue weighted by Crippen LogP contribution is 2.24. The predicted molar refractivity (Wildman–Crippen MR) is 141 cm³/mol. The molecular weight excluding hydrogens is 470 g/mol. The van der Waals surface area contributed by atoms with Gasteiger partial charge in [0, 0.05) is 55.1 Å². The second-order valence-corrected chi connectivity index (χ2v) is 9.98. The van der Waals surface area contributed by atoms with Gasteiger partial charge in [-0.05, 0) is 38.8 Å². The summed E-state index contributed by atoms with van der Waals surface area (Å²) in [5.41, 5.74) is 9.85. The topological polar surface area (TPSA) is 121 Å². The third-order valence-electron chi connectivity index (χ3n) is 5.93. The van der Waals surface area contributed by atoms with Gasteiger partial charge in [-0.2, -0.15) is 0 Å². The minimum atomic E-state index is -0.495. The minimum Gasteiger partial charge on any atom is -0.460 e. The normalized spacial score (nSPS) is 13.9. The zero-order valence-corrected chi connectivity index (χ0v) is 21.6. The van der Waals surface area contributed by atoms with Crippen molar-refractivity contribution in [2.45, 2.75) is 45.6 Å². The van der Waals surface area contributed by atoms with Crippen molar-refractivity contribution >= 4 is 23.3 Å². The maximum atomic E-state index is 13.3. The first-order chi connectivity index (χ1) is 17.7. The van der Waals surface area contributed by atoms with E-state index in [0.29, 0.717) is 31.7 Å². The monoisotopic (exact) mass is 503 g/mol. The number of esters is 1. The average molecular weight is 504 g/mol. The number of carbonyl (C=O) groups excluding carboxylic acids is 2. The Hall–Kier alpha value is -3.85. The second kappa shape index (κ2) is 11.5. The molecule has 0 atom stereocenters. The molecule has 0 spiro atoms. The molecule has 2 N–H and O–H groups in total. The summed E-state index contributed by atoms with van der Waals surface area (Å²) in [7, 11) is 0. The Morgan fingerprint density at radius 2 is 1.81 bits per heavy atom. The number of nitrogens with two attached hydrogens (primary N) is 1. The molecule has 3 heterocycles. The van der Waals surface area contributed by atoms with Crippen molar-refractivity contribution in [1.29, 1.82) is 0 Å². The SMILES string of the molecule is CC(C)(C)OC(=O)CCc1ccc(-c2cnc(N)c(C(=O)Cc3cnccc3N3CCOCC3)n2)cc1. The van der Waals surface area contributed by atoms with Crippen LogP contribution in [0.1, 0.15) is 48.8 Å². The molecule has 1 fully saturated rings. The van der Waals surface area contributed by atoms with Crippen LogP contribution in [0.5, 0.6) is 0 Å². The number of rotatable bonds is 8. The molecule has 0 unspecified atom stereocenters. The molecule has 0 saturated carbocycles. The number of aromatic nitrogens is 3. The van der Waals surface area contributed by atoms with Crippen LogP contribution >= 0.6 is 0 Å². The maximum Gasteiger partial charge on any atom is 0.306 e. The minimum absolute atomic E-state index is 0.0968. The summed E-state index contributed by atoms with van der Waals surface area (Å²) in [6, 6.07) is 9.59. The Balaban J connectivity index is 1.46. The van der Waals surface area contributed by atoms with Crippen LogP contribution in [-0.4, -0.2) is 58.6 Å². The van der Waals surface area contributed by atoms with E-state index >= 15 is 0 Å². The van der Waals surface area contributed by atoms with Gasteiger partial charge in [-0.1, -0.05) is 24.3 Å². The summed E-state index contributed by atoms with van der Waals surface area (Å²) in [6.07, 6.45) is 6.00. The van der Waals surface area contributed by atoms with Crippen LogP contribution < -0.4 is 10.6 Å². The number of ketones is 1. The Bertz CT molecular complexity index is 1250. The largest absolute Gasteiger partial charge is 0.460 e. The lowest BCUT2D eigenvalue weighted by Gasteiger charge is -2.30. The first-order valence-corrected chi connectivity index (χ1v) is 12.4. The Morgan fingerprint density at radius 1 is 1.08 bits per heavy atom. The van der Waals surface area contributed by atoms with Crippen molar-refractivity contribution in [3.8, 4) is 11.3 Å². The summed E-state index contributed by atoms with van der Waals surface area (Å²) in [6.45, 7) is 8.38. The summed E-state index contributed by atoms with van der Waals surface area (Å²) in [5.74, 6) is -0.350. The van der Waals surface area contributed by atoms with Gasteiger partial charge in [-0.25, -0.2) is 9.97 Å². The molecule has 37 heavy (non-hydrogen) atoms. The molecule has 1 aliphatic rings. The van der Waals surface area contributed by atoms with Gasteiger partial charge in [-0.15, -0.1) is 0 Å². The van der Waals surface area contributed by atoms with E-state index < -0.39 is 5.60 Å². The fourth-order valence-corrected chi connectivity index (χ4v) is 4.15. The van der Waals surface area contributed by atoms with Crippen molar-refractivity contribution in [3.63, 3.8) is 0 Å². The van der Waals surface area contributed by atoms with Gasteiger partial charge in [0.2, 0.25) is 0 Å². The summed E-state index contributed by atoms with van der Waals surface area (Å²) >= 11 is 0. The van der Waals surface area contributed by atoms with Crippen LogP contribution in [0, 0.1) is 0 Å². The van der Waals surface area contributed by atoms with Crippen LogP contribution in [0.4, 0.5) is 11.5 Å². The molecule has 9 heteroatoms. The first kappa shape index (κ1) is 26.2. The third kappa shape index (κ3) is 7.10. The van der Waals surface area contributed by atoms with Crippen LogP contribution in [0.25, 0.3) is 11.3 Å². The molecule has 1 aromatic carbocycles. The van der Waals surface area contributed by atoms with E-state index in [2.05, 4.69) is 19.9 Å². The molecule has 0 aliphatic carbocycles. The number of pyridine rings is 1. The number of aryl methyl sites for hydroxylation is 1. The van der Waals surface area contributed by atoms with E-state index in [1.54, 1.807) is 18.6 Å². The molecule has 0 radical (unpaired) electrons. The van der Waals surface area contributed by atoms with Gasteiger partial charge in [0.1, 0.15) is 11.3 Å². The average Bonchev–Trinajstić information content (AvgIpc) is 2.88. The van der Waals surface area contributed by atoms with Crippen LogP contribution in [0.3, 0.4) is 0 Å². The van der Waals surface area contributed by atoms with Gasteiger partial charge in [-0.3, -0.25) is 14.6 Å². The fourth-order valence-electron chi connectivity index (χ4n) is 4.15. The smallest absolute Gasteiger partial charge is 0.306 e. The lowest BCUT2D eigenvalue weighted by Crippen LogP contribution is -2.37. The second-order valence-electron chi connectivity index (χ2n) is 9.98. The van der Waals surface area contributed by atoms with Gasteiger partial charge in [0.15, 0.2) is 11.6 Å². The Kier molecular flexibility index (Phi) is 8.13. The molecule has 4 rings (SSSR count). The lowest BCUT2D eigenvalue weighted by atomic mass is 10.0. The van der Waals surface area contributed by atoms with Crippen molar-refractivity contribution in [1.82, 2.24) is 15.0 Å². The molecule has 1 aliphatic heterocycles. The number of carbonyl (C=O) groups is 2. The zero-order chi connectivity index (χ0) is 26.4. The van der Waals surface area contributed by atoms with Crippen molar-refractivity contribution in [3.05, 3.63) is 65.7 Å². The number of nitrogen functional groups attached to an aromatic ring is 1. The molecule has 1 saturated heterocycles. The highest BCUT2D eigenvalue weighted by molar-refractivity contribution is 6.00. The molecule has 194 valence electrons. The zero-order valence-electron chi connectivity index (χ0n) is 21.6. The number of morpholine rings is 1.